The second kappa shape index (κ2) is 3.88. The van der Waals surface area contributed by atoms with Crippen molar-refractivity contribution in [2.45, 2.75) is 0 Å². The molecule has 0 unspecified atom stereocenters. The molecular formula is C11H13FN2O. The number of benzene rings is 1. The van der Waals surface area contributed by atoms with Crippen molar-refractivity contribution in [2.24, 2.45) is 0 Å². The predicted octanol–water partition coefficient (Wildman–Crippen LogP) is 1.10. The van der Waals surface area contributed by atoms with Crippen LogP contribution in [-0.4, -0.2) is 37.5 Å². The van der Waals surface area contributed by atoms with Crippen LogP contribution in [0.2, 0.25) is 0 Å². The molecule has 1 amide bonds. The third-order valence-corrected chi connectivity index (χ3v) is 2.65. The zero-order valence-corrected chi connectivity index (χ0v) is 8.61. The molecule has 1 fully saturated rings. The van der Waals surface area contributed by atoms with Crippen LogP contribution in [0.3, 0.4) is 0 Å². The lowest BCUT2D eigenvalue weighted by Crippen LogP contribution is -2.48. The average molecular weight is 208 g/mol. The van der Waals surface area contributed by atoms with Crippen molar-refractivity contribution in [2.75, 3.05) is 31.6 Å². The lowest BCUT2D eigenvalue weighted by Gasteiger charge is -2.33. The number of nitrogens with zero attached hydrogens (tertiary/aromatic N) is 2. The van der Waals surface area contributed by atoms with Crippen LogP contribution in [0, 0.1) is 5.82 Å². The normalized spacial score (nSPS) is 17.1. The summed E-state index contributed by atoms with van der Waals surface area (Å²) in [6.07, 6.45) is 0. The summed E-state index contributed by atoms with van der Waals surface area (Å²) in [5.74, 6) is -0.148. The minimum atomic E-state index is -0.251. The molecule has 3 nitrogen and oxygen atoms in total. The van der Waals surface area contributed by atoms with E-state index in [-0.39, 0.29) is 11.7 Å². The van der Waals surface area contributed by atoms with E-state index in [1.807, 2.05) is 4.90 Å². The number of carbonyl (C=O) groups excluding carboxylic acids is 1. The standard InChI is InChI=1S/C11H13FN2O/c1-13-6-7-14(8-11(13)15)10-4-2-9(12)3-5-10/h2-5H,6-8H2,1H3. The lowest BCUT2D eigenvalue weighted by molar-refractivity contribution is -0.129. The molecule has 15 heavy (non-hydrogen) atoms. The molecule has 0 bridgehead atoms. The van der Waals surface area contributed by atoms with E-state index >= 15 is 0 Å². The largest absolute Gasteiger partial charge is 0.360 e. The molecule has 0 atom stereocenters. The van der Waals surface area contributed by atoms with Gasteiger partial charge < -0.3 is 9.80 Å². The highest BCUT2D eigenvalue weighted by Crippen LogP contribution is 2.16. The smallest absolute Gasteiger partial charge is 0.241 e. The van der Waals surface area contributed by atoms with Crippen LogP contribution in [-0.2, 0) is 4.79 Å². The molecule has 0 N–H and O–H groups in total. The van der Waals surface area contributed by atoms with Gasteiger partial charge in [0.25, 0.3) is 0 Å². The van der Waals surface area contributed by atoms with E-state index in [4.69, 9.17) is 0 Å². The molecule has 0 radical (unpaired) electrons. The molecule has 0 saturated carbocycles. The van der Waals surface area contributed by atoms with Crippen LogP contribution >= 0.6 is 0 Å². The zero-order chi connectivity index (χ0) is 10.8. The highest BCUT2D eigenvalue weighted by Gasteiger charge is 2.20. The SMILES string of the molecule is CN1CCN(c2ccc(F)cc2)CC1=O. The maximum Gasteiger partial charge on any atom is 0.241 e. The van der Waals surface area contributed by atoms with E-state index < -0.39 is 0 Å². The van der Waals surface area contributed by atoms with Crippen LogP contribution in [0.4, 0.5) is 10.1 Å². The fraction of sp³-hybridized carbons (Fsp3) is 0.364. The van der Waals surface area contributed by atoms with Crippen LogP contribution in [0.5, 0.6) is 0 Å². The molecule has 4 heteroatoms. The van der Waals surface area contributed by atoms with E-state index in [0.29, 0.717) is 6.54 Å². The number of halogens is 1. The Morgan fingerprint density at radius 2 is 1.87 bits per heavy atom. The Balaban J connectivity index is 2.12. The van der Waals surface area contributed by atoms with Crippen LogP contribution in [0.15, 0.2) is 24.3 Å². The first-order valence-corrected chi connectivity index (χ1v) is 4.91. The molecule has 0 spiro atoms. The van der Waals surface area contributed by atoms with Gasteiger partial charge in [-0.3, -0.25) is 4.79 Å². The van der Waals surface area contributed by atoms with Gasteiger partial charge in [-0.05, 0) is 24.3 Å². The molecule has 1 saturated heterocycles. The van der Waals surface area contributed by atoms with Gasteiger partial charge in [0.15, 0.2) is 0 Å². The first-order valence-electron chi connectivity index (χ1n) is 4.91. The molecular weight excluding hydrogens is 195 g/mol. The molecule has 1 aromatic carbocycles. The van der Waals surface area contributed by atoms with Crippen LogP contribution < -0.4 is 4.90 Å². The molecule has 1 heterocycles. The van der Waals surface area contributed by atoms with Gasteiger partial charge in [-0.15, -0.1) is 0 Å². The Labute approximate surface area is 88.1 Å². The van der Waals surface area contributed by atoms with Crippen molar-refractivity contribution < 1.29 is 9.18 Å². The molecule has 80 valence electrons. The number of hydrogen-bond donors (Lipinski definition) is 0. The average Bonchev–Trinajstić information content (AvgIpc) is 2.23. The number of amides is 1. The van der Waals surface area contributed by atoms with Crippen molar-refractivity contribution in [3.05, 3.63) is 30.1 Å². The number of carbonyl (C=O) groups is 1. The first-order chi connectivity index (χ1) is 7.16. The summed E-state index contributed by atoms with van der Waals surface area (Å²) in [5, 5.41) is 0. The number of hydrogen-bond acceptors (Lipinski definition) is 2. The monoisotopic (exact) mass is 208 g/mol. The van der Waals surface area contributed by atoms with E-state index in [1.54, 1.807) is 24.1 Å². The van der Waals surface area contributed by atoms with E-state index in [1.165, 1.54) is 12.1 Å². The highest BCUT2D eigenvalue weighted by molar-refractivity contribution is 5.82. The predicted molar refractivity (Wildman–Crippen MR) is 56.3 cm³/mol. The summed E-state index contributed by atoms with van der Waals surface area (Å²) in [6.45, 7) is 1.90. The second-order valence-electron chi connectivity index (χ2n) is 3.71. The first kappa shape index (κ1) is 9.96. The fourth-order valence-electron chi connectivity index (χ4n) is 1.63. The summed E-state index contributed by atoms with van der Waals surface area (Å²) < 4.78 is 12.7. The number of likely N-dealkylation sites (N-methyl/N-ethyl adjacent to an activating group) is 1. The fourth-order valence-corrected chi connectivity index (χ4v) is 1.63. The van der Waals surface area contributed by atoms with Gasteiger partial charge in [-0.2, -0.15) is 0 Å². The Hall–Kier alpha value is -1.58. The second-order valence-corrected chi connectivity index (χ2v) is 3.71. The van der Waals surface area contributed by atoms with Gasteiger partial charge in [-0.25, -0.2) is 4.39 Å². The van der Waals surface area contributed by atoms with E-state index in [9.17, 15) is 9.18 Å². The lowest BCUT2D eigenvalue weighted by atomic mass is 10.2. The molecule has 1 aromatic rings. The van der Waals surface area contributed by atoms with Gasteiger partial charge in [0.05, 0.1) is 6.54 Å². The number of anilines is 1. The van der Waals surface area contributed by atoms with Gasteiger partial charge in [0, 0.05) is 25.8 Å². The number of rotatable bonds is 1. The van der Waals surface area contributed by atoms with Crippen LogP contribution in [0.1, 0.15) is 0 Å². The Kier molecular flexibility index (Phi) is 2.58. The third kappa shape index (κ3) is 2.09. The summed E-state index contributed by atoms with van der Waals surface area (Å²) in [5.41, 5.74) is 0.901. The van der Waals surface area contributed by atoms with Crippen molar-refractivity contribution >= 4 is 11.6 Å². The van der Waals surface area contributed by atoms with Gasteiger partial charge >= 0.3 is 0 Å². The molecule has 0 aliphatic carbocycles. The van der Waals surface area contributed by atoms with Gasteiger partial charge in [-0.1, -0.05) is 0 Å². The maximum atomic E-state index is 12.7. The topological polar surface area (TPSA) is 23.6 Å². The summed E-state index contributed by atoms with van der Waals surface area (Å²) in [6, 6.07) is 6.23. The summed E-state index contributed by atoms with van der Waals surface area (Å²) >= 11 is 0. The van der Waals surface area contributed by atoms with Gasteiger partial charge in [0.2, 0.25) is 5.91 Å². The zero-order valence-electron chi connectivity index (χ0n) is 8.61. The molecule has 0 aromatic heterocycles. The summed E-state index contributed by atoms with van der Waals surface area (Å²) in [7, 11) is 1.80. The van der Waals surface area contributed by atoms with Crippen LogP contribution in [0.25, 0.3) is 0 Å². The highest BCUT2D eigenvalue weighted by atomic mass is 19.1. The Bertz CT molecular complexity index is 363. The van der Waals surface area contributed by atoms with E-state index in [2.05, 4.69) is 0 Å². The molecule has 2 rings (SSSR count). The maximum absolute atomic E-state index is 12.7. The van der Waals surface area contributed by atoms with Gasteiger partial charge in [0.1, 0.15) is 5.82 Å². The van der Waals surface area contributed by atoms with Crippen molar-refractivity contribution in [3.8, 4) is 0 Å². The van der Waals surface area contributed by atoms with Crippen molar-refractivity contribution in [1.82, 2.24) is 4.90 Å². The van der Waals surface area contributed by atoms with E-state index in [0.717, 1.165) is 18.8 Å². The molecule has 1 aliphatic heterocycles. The number of piperazine rings is 1. The quantitative estimate of drug-likeness (QED) is 0.690. The van der Waals surface area contributed by atoms with Crippen molar-refractivity contribution in [1.29, 1.82) is 0 Å². The Morgan fingerprint density at radius 1 is 1.20 bits per heavy atom. The minimum Gasteiger partial charge on any atom is -0.360 e. The summed E-state index contributed by atoms with van der Waals surface area (Å²) in [4.78, 5) is 15.1. The molecule has 1 aliphatic rings. The minimum absolute atomic E-state index is 0.102. The van der Waals surface area contributed by atoms with Crippen molar-refractivity contribution in [3.63, 3.8) is 0 Å². The third-order valence-electron chi connectivity index (χ3n) is 2.65. The Morgan fingerprint density at radius 3 is 2.47 bits per heavy atom.